The zero-order valence-electron chi connectivity index (χ0n) is 13.9. The van der Waals surface area contributed by atoms with Crippen LogP contribution in [0.25, 0.3) is 0 Å². The highest BCUT2D eigenvalue weighted by Crippen LogP contribution is 2.32. The van der Waals surface area contributed by atoms with E-state index < -0.39 is 0 Å². The summed E-state index contributed by atoms with van der Waals surface area (Å²) in [5.41, 5.74) is 2.69. The van der Waals surface area contributed by atoms with Gasteiger partial charge in [-0.15, -0.1) is 0 Å². The van der Waals surface area contributed by atoms with Gasteiger partial charge >= 0.3 is 0 Å². The number of amides is 1. The molecule has 0 unspecified atom stereocenters. The molecule has 126 valence electrons. The zero-order valence-corrected chi connectivity index (χ0v) is 13.9. The molecule has 1 amide bonds. The highest BCUT2D eigenvalue weighted by Gasteiger charge is 2.12. The summed E-state index contributed by atoms with van der Waals surface area (Å²) in [6.07, 6.45) is 0.847. The molecule has 1 aliphatic heterocycles. The van der Waals surface area contributed by atoms with Gasteiger partial charge in [0.25, 0.3) is 5.91 Å². The molecular weight excluding hydrogens is 306 g/mol. The third kappa shape index (κ3) is 3.79. The number of nitrogens with one attached hydrogen (secondary N) is 1. The Hall–Kier alpha value is -2.69. The second-order valence-electron chi connectivity index (χ2n) is 5.77. The molecule has 0 atom stereocenters. The normalized spacial score (nSPS) is 13.1. The number of benzene rings is 2. The van der Waals surface area contributed by atoms with Crippen molar-refractivity contribution in [3.05, 3.63) is 47.5 Å². The van der Waals surface area contributed by atoms with E-state index in [1.165, 1.54) is 0 Å². The number of hydrogen-bond donors (Lipinski definition) is 1. The lowest BCUT2D eigenvalue weighted by Crippen LogP contribution is -2.20. The number of anilines is 1. The van der Waals surface area contributed by atoms with Crippen LogP contribution in [0.3, 0.4) is 0 Å². The number of rotatable bonds is 4. The largest absolute Gasteiger partial charge is 0.490 e. The van der Waals surface area contributed by atoms with Crippen LogP contribution in [-0.4, -0.2) is 25.7 Å². The molecule has 0 saturated carbocycles. The highest BCUT2D eigenvalue weighted by molar-refractivity contribution is 5.92. The van der Waals surface area contributed by atoms with Gasteiger partial charge in [0.1, 0.15) is 5.75 Å². The lowest BCUT2D eigenvalue weighted by molar-refractivity contribution is -0.118. The number of fused-ring (bicyclic) bond motifs is 1. The Labute approximate surface area is 141 Å². The fraction of sp³-hybridized carbons (Fsp3) is 0.316. The molecule has 1 aliphatic rings. The Morgan fingerprint density at radius 3 is 2.54 bits per heavy atom. The van der Waals surface area contributed by atoms with E-state index in [-0.39, 0.29) is 12.5 Å². The summed E-state index contributed by atoms with van der Waals surface area (Å²) in [6, 6.07) is 11.3. The van der Waals surface area contributed by atoms with Gasteiger partial charge in [-0.05, 0) is 37.1 Å². The molecule has 1 heterocycles. The van der Waals surface area contributed by atoms with Crippen molar-refractivity contribution in [2.45, 2.75) is 20.3 Å². The molecule has 0 aliphatic carbocycles. The minimum Gasteiger partial charge on any atom is -0.490 e. The van der Waals surface area contributed by atoms with Crippen LogP contribution in [-0.2, 0) is 4.79 Å². The van der Waals surface area contributed by atoms with E-state index >= 15 is 0 Å². The first-order chi connectivity index (χ1) is 11.6. The molecule has 1 N–H and O–H groups in total. The number of ether oxygens (including phenoxy) is 3. The Kier molecular flexibility index (Phi) is 4.89. The van der Waals surface area contributed by atoms with Crippen molar-refractivity contribution >= 4 is 11.6 Å². The predicted molar refractivity (Wildman–Crippen MR) is 92.1 cm³/mol. The Morgan fingerprint density at radius 2 is 1.79 bits per heavy atom. The summed E-state index contributed by atoms with van der Waals surface area (Å²) >= 11 is 0. The molecule has 0 aromatic heterocycles. The van der Waals surface area contributed by atoms with Gasteiger partial charge in [0.2, 0.25) is 0 Å². The summed E-state index contributed by atoms with van der Waals surface area (Å²) in [5.74, 6) is 1.90. The van der Waals surface area contributed by atoms with E-state index in [1.54, 1.807) is 12.1 Å². The smallest absolute Gasteiger partial charge is 0.262 e. The second kappa shape index (κ2) is 7.25. The quantitative estimate of drug-likeness (QED) is 0.934. The van der Waals surface area contributed by atoms with Crippen LogP contribution in [0.1, 0.15) is 17.5 Å². The summed E-state index contributed by atoms with van der Waals surface area (Å²) in [6.45, 7) is 5.14. The maximum absolute atomic E-state index is 12.1. The number of carbonyl (C=O) groups excluding carboxylic acids is 1. The Balaban J connectivity index is 1.62. The monoisotopic (exact) mass is 327 g/mol. The minimum atomic E-state index is -0.216. The molecule has 5 heteroatoms. The maximum Gasteiger partial charge on any atom is 0.262 e. The topological polar surface area (TPSA) is 56.8 Å². The third-order valence-electron chi connectivity index (χ3n) is 3.79. The van der Waals surface area contributed by atoms with E-state index in [4.69, 9.17) is 14.2 Å². The minimum absolute atomic E-state index is 0.0415. The Bertz CT molecular complexity index is 722. The van der Waals surface area contributed by atoms with Gasteiger partial charge in [-0.25, -0.2) is 0 Å². The number of hydrogen-bond acceptors (Lipinski definition) is 4. The zero-order chi connectivity index (χ0) is 16.9. The van der Waals surface area contributed by atoms with Gasteiger partial charge in [0.15, 0.2) is 18.1 Å². The van der Waals surface area contributed by atoms with Crippen LogP contribution in [0.15, 0.2) is 36.4 Å². The van der Waals surface area contributed by atoms with Crippen LogP contribution >= 0.6 is 0 Å². The fourth-order valence-corrected chi connectivity index (χ4v) is 2.60. The molecule has 3 rings (SSSR count). The molecule has 2 aromatic carbocycles. The van der Waals surface area contributed by atoms with Gasteiger partial charge in [-0.3, -0.25) is 4.79 Å². The van der Waals surface area contributed by atoms with Gasteiger partial charge in [-0.1, -0.05) is 18.2 Å². The van der Waals surface area contributed by atoms with Crippen LogP contribution in [0.4, 0.5) is 5.69 Å². The second-order valence-corrected chi connectivity index (χ2v) is 5.77. The van der Waals surface area contributed by atoms with Gasteiger partial charge in [0, 0.05) is 18.2 Å². The summed E-state index contributed by atoms with van der Waals surface area (Å²) in [7, 11) is 0. The van der Waals surface area contributed by atoms with Gasteiger partial charge in [0.05, 0.1) is 13.2 Å². The Morgan fingerprint density at radius 1 is 1.08 bits per heavy atom. The molecule has 5 nitrogen and oxygen atoms in total. The number of carbonyl (C=O) groups is 1. The van der Waals surface area contributed by atoms with Crippen LogP contribution in [0.5, 0.6) is 17.2 Å². The number of aryl methyl sites for hydroxylation is 2. The first kappa shape index (κ1) is 16.2. The lowest BCUT2D eigenvalue weighted by atomic mass is 10.1. The molecule has 0 saturated heterocycles. The summed E-state index contributed by atoms with van der Waals surface area (Å²) < 4.78 is 16.9. The van der Waals surface area contributed by atoms with Crippen molar-refractivity contribution in [3.63, 3.8) is 0 Å². The van der Waals surface area contributed by atoms with Crippen molar-refractivity contribution in [1.82, 2.24) is 0 Å². The molecule has 2 aromatic rings. The van der Waals surface area contributed by atoms with Crippen LogP contribution < -0.4 is 19.5 Å². The van der Waals surface area contributed by atoms with E-state index in [9.17, 15) is 4.79 Å². The van der Waals surface area contributed by atoms with Gasteiger partial charge < -0.3 is 19.5 Å². The van der Waals surface area contributed by atoms with Crippen molar-refractivity contribution in [2.24, 2.45) is 0 Å². The molecule has 24 heavy (non-hydrogen) atoms. The molecule has 0 spiro atoms. The van der Waals surface area contributed by atoms with E-state index in [2.05, 4.69) is 5.32 Å². The molecule has 0 radical (unpaired) electrons. The summed E-state index contributed by atoms with van der Waals surface area (Å²) in [5, 5.41) is 2.82. The maximum atomic E-state index is 12.1. The lowest BCUT2D eigenvalue weighted by Gasteiger charge is -2.13. The van der Waals surface area contributed by atoms with E-state index in [0.717, 1.165) is 23.3 Å². The average molecular weight is 327 g/mol. The average Bonchev–Trinajstić information content (AvgIpc) is 2.79. The van der Waals surface area contributed by atoms with Crippen LogP contribution in [0, 0.1) is 13.8 Å². The SMILES string of the molecule is Cc1cccc(C)c1OCC(=O)Nc1ccc2c(c1)OCCCO2. The first-order valence-electron chi connectivity index (χ1n) is 8.02. The van der Waals surface area contributed by atoms with Crippen LogP contribution in [0.2, 0.25) is 0 Å². The first-order valence-corrected chi connectivity index (χ1v) is 8.02. The molecular formula is C19H21NO4. The van der Waals surface area contributed by atoms with Gasteiger partial charge in [-0.2, -0.15) is 0 Å². The molecule has 0 bridgehead atoms. The third-order valence-corrected chi connectivity index (χ3v) is 3.79. The van der Waals surface area contributed by atoms with Crippen molar-refractivity contribution in [1.29, 1.82) is 0 Å². The standard InChI is InChI=1S/C19H21NO4/c1-13-5-3-6-14(2)19(13)24-12-18(21)20-15-7-8-16-17(11-15)23-10-4-9-22-16/h3,5-8,11H,4,9-10,12H2,1-2H3,(H,20,21). The van der Waals surface area contributed by atoms with E-state index in [0.29, 0.717) is 30.4 Å². The van der Waals surface area contributed by atoms with E-state index in [1.807, 2.05) is 38.1 Å². The summed E-state index contributed by atoms with van der Waals surface area (Å²) in [4.78, 5) is 12.1. The number of para-hydroxylation sites is 1. The van der Waals surface area contributed by atoms with Crippen molar-refractivity contribution < 1.29 is 19.0 Å². The fourth-order valence-electron chi connectivity index (χ4n) is 2.60. The van der Waals surface area contributed by atoms with Crippen molar-refractivity contribution in [2.75, 3.05) is 25.1 Å². The molecule has 0 fully saturated rings. The predicted octanol–water partition coefficient (Wildman–Crippen LogP) is 3.48. The van der Waals surface area contributed by atoms with Crippen molar-refractivity contribution in [3.8, 4) is 17.2 Å². The highest BCUT2D eigenvalue weighted by atomic mass is 16.5.